The van der Waals surface area contributed by atoms with E-state index >= 15 is 0 Å². The Balaban J connectivity index is 2.97. The Bertz CT molecular complexity index is 302. The van der Waals surface area contributed by atoms with Gasteiger partial charge >= 0.3 is 0 Å². The van der Waals surface area contributed by atoms with E-state index in [0.717, 1.165) is 6.07 Å². The Morgan fingerprint density at radius 1 is 1.46 bits per heavy atom. The summed E-state index contributed by atoms with van der Waals surface area (Å²) in [6.45, 7) is 1.53. The summed E-state index contributed by atoms with van der Waals surface area (Å²) >= 11 is 0. The molecule has 0 fully saturated rings. The predicted molar refractivity (Wildman–Crippen MR) is 46.7 cm³/mol. The van der Waals surface area contributed by atoms with E-state index in [0.29, 0.717) is 5.56 Å². The van der Waals surface area contributed by atoms with Gasteiger partial charge in [0.05, 0.1) is 12.1 Å². The Kier molecular flexibility index (Phi) is 2.85. The van der Waals surface area contributed by atoms with Gasteiger partial charge in [-0.3, -0.25) is 0 Å². The van der Waals surface area contributed by atoms with Gasteiger partial charge in [0.2, 0.25) is 0 Å². The maximum atomic E-state index is 12.6. The minimum absolute atomic E-state index is 0.450. The molecule has 0 aliphatic carbocycles. The topological polar surface area (TPSA) is 66.5 Å². The lowest BCUT2D eigenvalue weighted by atomic mass is 10.0. The largest absolute Gasteiger partial charge is 0.505 e. The molecule has 0 aromatic heterocycles. The van der Waals surface area contributed by atoms with E-state index < -0.39 is 23.7 Å². The molecule has 72 valence electrons. The minimum Gasteiger partial charge on any atom is -0.505 e. The number of aliphatic hydroxyl groups excluding tert-OH is 1. The van der Waals surface area contributed by atoms with Crippen LogP contribution in [0.1, 0.15) is 18.5 Å². The summed E-state index contributed by atoms with van der Waals surface area (Å²) in [4.78, 5) is 0. The van der Waals surface area contributed by atoms with Crippen LogP contribution in [-0.2, 0) is 0 Å². The summed E-state index contributed by atoms with van der Waals surface area (Å²) in [7, 11) is 0. The Labute approximate surface area is 75.6 Å². The smallest absolute Gasteiger partial charge is 0.164 e. The molecule has 13 heavy (non-hydrogen) atoms. The summed E-state index contributed by atoms with van der Waals surface area (Å²) < 4.78 is 12.6. The van der Waals surface area contributed by atoms with Crippen molar-refractivity contribution in [3.05, 3.63) is 29.6 Å². The lowest BCUT2D eigenvalue weighted by Gasteiger charge is -2.15. The summed E-state index contributed by atoms with van der Waals surface area (Å²) in [6.07, 6.45) is -0.732. The molecule has 0 saturated carbocycles. The number of aromatic hydroxyl groups is 1. The van der Waals surface area contributed by atoms with Crippen molar-refractivity contribution in [3.63, 3.8) is 0 Å². The molecule has 3 nitrogen and oxygen atoms in total. The Morgan fingerprint density at radius 3 is 2.54 bits per heavy atom. The van der Waals surface area contributed by atoms with Crippen LogP contribution in [-0.4, -0.2) is 16.3 Å². The van der Waals surface area contributed by atoms with Gasteiger partial charge in [0, 0.05) is 0 Å². The highest BCUT2D eigenvalue weighted by Crippen LogP contribution is 2.21. The molecule has 4 heteroatoms. The van der Waals surface area contributed by atoms with Crippen LogP contribution < -0.4 is 5.73 Å². The number of aliphatic hydroxyl groups is 1. The zero-order valence-corrected chi connectivity index (χ0v) is 7.24. The third-order valence-corrected chi connectivity index (χ3v) is 1.87. The van der Waals surface area contributed by atoms with Crippen molar-refractivity contribution in [1.29, 1.82) is 0 Å². The molecule has 0 saturated heterocycles. The Hall–Kier alpha value is -1.13. The molecule has 0 aliphatic rings. The Morgan fingerprint density at radius 2 is 2.08 bits per heavy atom. The highest BCUT2D eigenvalue weighted by molar-refractivity contribution is 5.31. The number of phenolic OH excluding ortho intramolecular Hbond substituents is 1. The van der Waals surface area contributed by atoms with E-state index in [-0.39, 0.29) is 0 Å². The summed E-state index contributed by atoms with van der Waals surface area (Å²) in [5.41, 5.74) is 6.08. The second-order valence-electron chi connectivity index (χ2n) is 2.98. The van der Waals surface area contributed by atoms with Crippen molar-refractivity contribution in [2.75, 3.05) is 0 Å². The lowest BCUT2D eigenvalue weighted by molar-refractivity contribution is 0.164. The van der Waals surface area contributed by atoms with Crippen molar-refractivity contribution < 1.29 is 14.6 Å². The maximum Gasteiger partial charge on any atom is 0.164 e. The maximum absolute atomic E-state index is 12.6. The second kappa shape index (κ2) is 3.72. The normalized spacial score (nSPS) is 15.4. The molecule has 0 unspecified atom stereocenters. The zero-order chi connectivity index (χ0) is 10.0. The van der Waals surface area contributed by atoms with Crippen LogP contribution in [0.15, 0.2) is 18.2 Å². The molecule has 1 aromatic rings. The minimum atomic E-state index is -0.732. The highest BCUT2D eigenvalue weighted by atomic mass is 19.1. The van der Waals surface area contributed by atoms with E-state index in [2.05, 4.69) is 0 Å². The molecular weight excluding hydrogens is 173 g/mol. The molecule has 0 aliphatic heterocycles. The molecule has 1 rings (SSSR count). The lowest BCUT2D eigenvalue weighted by Crippen LogP contribution is -2.23. The quantitative estimate of drug-likeness (QED) is 0.641. The van der Waals surface area contributed by atoms with Crippen molar-refractivity contribution >= 4 is 0 Å². The summed E-state index contributed by atoms with van der Waals surface area (Å²) in [5.74, 6) is -1.14. The van der Waals surface area contributed by atoms with Gasteiger partial charge in [-0.1, -0.05) is 6.07 Å². The van der Waals surface area contributed by atoms with E-state index in [1.165, 1.54) is 19.1 Å². The number of benzene rings is 1. The fourth-order valence-electron chi connectivity index (χ4n) is 1.02. The van der Waals surface area contributed by atoms with Gasteiger partial charge in [0.15, 0.2) is 11.6 Å². The fourth-order valence-corrected chi connectivity index (χ4v) is 1.02. The van der Waals surface area contributed by atoms with Crippen LogP contribution >= 0.6 is 0 Å². The highest BCUT2D eigenvalue weighted by Gasteiger charge is 2.13. The number of nitrogens with two attached hydrogens (primary N) is 1. The van der Waals surface area contributed by atoms with Gasteiger partial charge in [-0.2, -0.15) is 0 Å². The number of hydrogen-bond acceptors (Lipinski definition) is 3. The summed E-state index contributed by atoms with van der Waals surface area (Å²) in [6, 6.07) is 3.16. The van der Waals surface area contributed by atoms with Crippen LogP contribution in [0.25, 0.3) is 0 Å². The van der Waals surface area contributed by atoms with Crippen LogP contribution in [0.3, 0.4) is 0 Å². The van der Waals surface area contributed by atoms with E-state index in [4.69, 9.17) is 15.9 Å². The molecule has 1 aromatic carbocycles. The first-order valence-corrected chi connectivity index (χ1v) is 3.94. The van der Waals surface area contributed by atoms with Crippen LogP contribution in [0.5, 0.6) is 5.75 Å². The first-order chi connectivity index (χ1) is 6.02. The molecule has 4 N–H and O–H groups in total. The van der Waals surface area contributed by atoms with Gasteiger partial charge in [-0.25, -0.2) is 4.39 Å². The SMILES string of the molecule is C[C@@H](O)[C@@H](N)c1ccc(F)c(O)c1. The van der Waals surface area contributed by atoms with Gasteiger partial charge in [-0.15, -0.1) is 0 Å². The van der Waals surface area contributed by atoms with Crippen molar-refractivity contribution in [2.45, 2.75) is 19.1 Å². The van der Waals surface area contributed by atoms with E-state index in [1.54, 1.807) is 0 Å². The molecule has 0 spiro atoms. The zero-order valence-electron chi connectivity index (χ0n) is 7.24. The van der Waals surface area contributed by atoms with Crippen molar-refractivity contribution in [1.82, 2.24) is 0 Å². The first-order valence-electron chi connectivity index (χ1n) is 3.94. The summed E-state index contributed by atoms with van der Waals surface area (Å²) in [5, 5.41) is 18.2. The van der Waals surface area contributed by atoms with E-state index in [9.17, 15) is 4.39 Å². The number of rotatable bonds is 2. The average Bonchev–Trinajstić information content (AvgIpc) is 2.08. The number of halogens is 1. The monoisotopic (exact) mass is 185 g/mol. The molecule has 2 atom stereocenters. The second-order valence-corrected chi connectivity index (χ2v) is 2.98. The predicted octanol–water partition coefficient (Wildman–Crippen LogP) is 0.912. The molecule has 0 heterocycles. The number of hydrogen-bond donors (Lipinski definition) is 3. The molecule has 0 bridgehead atoms. The van der Waals surface area contributed by atoms with Crippen molar-refractivity contribution in [2.24, 2.45) is 5.73 Å². The average molecular weight is 185 g/mol. The molecular formula is C9H12FNO2. The third kappa shape index (κ3) is 2.17. The van der Waals surface area contributed by atoms with Crippen LogP contribution in [0.4, 0.5) is 4.39 Å². The van der Waals surface area contributed by atoms with Gasteiger partial charge in [-0.05, 0) is 24.6 Å². The van der Waals surface area contributed by atoms with Gasteiger partial charge < -0.3 is 15.9 Å². The van der Waals surface area contributed by atoms with Gasteiger partial charge in [0.1, 0.15) is 0 Å². The van der Waals surface area contributed by atoms with Gasteiger partial charge in [0.25, 0.3) is 0 Å². The van der Waals surface area contributed by atoms with E-state index in [1.807, 2.05) is 0 Å². The van der Waals surface area contributed by atoms with Crippen LogP contribution in [0.2, 0.25) is 0 Å². The molecule has 0 amide bonds. The standard InChI is InChI=1S/C9H12FNO2/c1-5(12)9(11)6-2-3-7(10)8(13)4-6/h2-5,9,12-13H,11H2,1H3/t5-,9-/m1/s1. The fraction of sp³-hybridized carbons (Fsp3) is 0.333. The number of phenols is 1. The first kappa shape index (κ1) is 9.95. The van der Waals surface area contributed by atoms with Crippen LogP contribution in [0, 0.1) is 5.82 Å². The third-order valence-electron chi connectivity index (χ3n) is 1.87. The van der Waals surface area contributed by atoms with Crippen molar-refractivity contribution in [3.8, 4) is 5.75 Å². The molecule has 0 radical (unpaired) electrons.